The molecule has 25 heavy (non-hydrogen) atoms. The van der Waals surface area contributed by atoms with Crippen LogP contribution in [0.4, 0.5) is 10.5 Å². The Morgan fingerprint density at radius 2 is 1.56 bits per heavy atom. The Kier molecular flexibility index (Phi) is 7.01. The van der Waals surface area contributed by atoms with Gasteiger partial charge < -0.3 is 15.4 Å². The molecule has 0 aliphatic heterocycles. The zero-order valence-electron chi connectivity index (χ0n) is 14.6. The van der Waals surface area contributed by atoms with Gasteiger partial charge >= 0.3 is 6.09 Å². The van der Waals surface area contributed by atoms with E-state index < -0.39 is 12.1 Å². The molecule has 2 N–H and O–H groups in total. The molecular weight excluding hydrogens is 316 g/mol. The lowest BCUT2D eigenvalue weighted by atomic mass is 10.0. The normalized spacial score (nSPS) is 11.6. The van der Waals surface area contributed by atoms with Gasteiger partial charge in [0.2, 0.25) is 5.91 Å². The van der Waals surface area contributed by atoms with E-state index in [1.165, 1.54) is 0 Å². The van der Waals surface area contributed by atoms with Crippen molar-refractivity contribution in [3.8, 4) is 0 Å². The van der Waals surface area contributed by atoms with E-state index in [4.69, 9.17) is 4.74 Å². The van der Waals surface area contributed by atoms with Crippen LogP contribution in [0.15, 0.2) is 60.7 Å². The number of anilines is 1. The largest absolute Gasteiger partial charge is 0.445 e. The summed E-state index contributed by atoms with van der Waals surface area (Å²) >= 11 is 0. The lowest BCUT2D eigenvalue weighted by Gasteiger charge is -2.20. The molecule has 132 valence electrons. The highest BCUT2D eigenvalue weighted by atomic mass is 16.5. The summed E-state index contributed by atoms with van der Waals surface area (Å²) in [4.78, 5) is 24.5. The van der Waals surface area contributed by atoms with Gasteiger partial charge in [0.1, 0.15) is 12.6 Å². The summed E-state index contributed by atoms with van der Waals surface area (Å²) in [5.41, 5.74) is 1.59. The van der Waals surface area contributed by atoms with Crippen molar-refractivity contribution in [2.24, 2.45) is 5.92 Å². The summed E-state index contributed by atoms with van der Waals surface area (Å²) in [7, 11) is 0. The van der Waals surface area contributed by atoms with E-state index >= 15 is 0 Å². The fourth-order valence-electron chi connectivity index (χ4n) is 2.36. The van der Waals surface area contributed by atoms with E-state index in [1.807, 2.05) is 62.4 Å². The molecule has 0 saturated carbocycles. The highest BCUT2D eigenvalue weighted by Crippen LogP contribution is 2.10. The van der Waals surface area contributed by atoms with Gasteiger partial charge in [-0.25, -0.2) is 4.79 Å². The molecule has 0 fully saturated rings. The molecule has 0 bridgehead atoms. The number of amides is 2. The Morgan fingerprint density at radius 1 is 0.960 bits per heavy atom. The number of carbonyl (C=O) groups is 2. The second-order valence-electron chi connectivity index (χ2n) is 6.24. The van der Waals surface area contributed by atoms with Crippen LogP contribution in [0.3, 0.4) is 0 Å². The van der Waals surface area contributed by atoms with E-state index in [1.54, 1.807) is 12.1 Å². The number of alkyl carbamates (subject to hydrolysis) is 1. The van der Waals surface area contributed by atoms with Gasteiger partial charge in [0, 0.05) is 5.69 Å². The maximum atomic E-state index is 12.5. The van der Waals surface area contributed by atoms with Gasteiger partial charge in [-0.05, 0) is 30.0 Å². The topological polar surface area (TPSA) is 67.4 Å². The lowest BCUT2D eigenvalue weighted by molar-refractivity contribution is -0.118. The smallest absolute Gasteiger partial charge is 0.408 e. The molecular formula is C20H24N2O3. The van der Waals surface area contributed by atoms with Crippen molar-refractivity contribution < 1.29 is 14.3 Å². The van der Waals surface area contributed by atoms with Crippen LogP contribution < -0.4 is 10.6 Å². The van der Waals surface area contributed by atoms with Crippen molar-refractivity contribution in [2.45, 2.75) is 32.9 Å². The van der Waals surface area contributed by atoms with Crippen LogP contribution in [0, 0.1) is 5.92 Å². The molecule has 1 atom stereocenters. The summed E-state index contributed by atoms with van der Waals surface area (Å²) < 4.78 is 5.21. The van der Waals surface area contributed by atoms with E-state index in [0.29, 0.717) is 12.1 Å². The van der Waals surface area contributed by atoms with Crippen molar-refractivity contribution in [3.05, 3.63) is 66.2 Å². The minimum Gasteiger partial charge on any atom is -0.445 e. The van der Waals surface area contributed by atoms with Gasteiger partial charge in [0.25, 0.3) is 0 Å². The van der Waals surface area contributed by atoms with Crippen LogP contribution >= 0.6 is 0 Å². The number of hydrogen-bond donors (Lipinski definition) is 2. The first-order chi connectivity index (χ1) is 12.0. The molecule has 5 nitrogen and oxygen atoms in total. The highest BCUT2D eigenvalue weighted by Gasteiger charge is 2.22. The first-order valence-corrected chi connectivity index (χ1v) is 8.37. The van der Waals surface area contributed by atoms with Crippen LogP contribution in [-0.2, 0) is 16.1 Å². The van der Waals surface area contributed by atoms with Crippen LogP contribution in [0.5, 0.6) is 0 Å². The monoisotopic (exact) mass is 340 g/mol. The molecule has 0 aromatic heterocycles. The average Bonchev–Trinajstić information content (AvgIpc) is 2.61. The fraction of sp³-hybridized carbons (Fsp3) is 0.300. The molecule has 0 aliphatic rings. The minimum atomic E-state index is -0.650. The Labute approximate surface area is 148 Å². The van der Waals surface area contributed by atoms with Crippen molar-refractivity contribution >= 4 is 17.7 Å². The lowest BCUT2D eigenvalue weighted by Crippen LogP contribution is -2.44. The quantitative estimate of drug-likeness (QED) is 0.801. The van der Waals surface area contributed by atoms with Gasteiger partial charge in [-0.3, -0.25) is 4.79 Å². The van der Waals surface area contributed by atoms with Crippen LogP contribution in [0.2, 0.25) is 0 Å². The molecule has 0 aliphatic carbocycles. The number of nitrogens with one attached hydrogen (secondary N) is 2. The Bertz CT molecular complexity index is 672. The summed E-state index contributed by atoms with van der Waals surface area (Å²) in [5, 5.41) is 5.48. The average molecular weight is 340 g/mol. The van der Waals surface area contributed by atoms with Gasteiger partial charge in [0.15, 0.2) is 0 Å². The van der Waals surface area contributed by atoms with Crippen molar-refractivity contribution in [2.75, 3.05) is 5.32 Å². The summed E-state index contributed by atoms with van der Waals surface area (Å²) in [6, 6.07) is 17.9. The molecule has 5 heteroatoms. The van der Waals surface area contributed by atoms with Gasteiger partial charge in [-0.15, -0.1) is 0 Å². The molecule has 0 spiro atoms. The molecule has 0 unspecified atom stereocenters. The van der Waals surface area contributed by atoms with Crippen molar-refractivity contribution in [1.29, 1.82) is 0 Å². The SMILES string of the molecule is CC(C)C[C@H](NC(=O)OCc1ccccc1)C(=O)Nc1ccccc1. The molecule has 2 aromatic carbocycles. The van der Waals surface area contributed by atoms with E-state index in [2.05, 4.69) is 10.6 Å². The molecule has 2 amide bonds. The zero-order valence-corrected chi connectivity index (χ0v) is 14.6. The molecule has 2 aromatic rings. The number of benzene rings is 2. The fourth-order valence-corrected chi connectivity index (χ4v) is 2.36. The van der Waals surface area contributed by atoms with Crippen molar-refractivity contribution in [1.82, 2.24) is 5.32 Å². The predicted molar refractivity (Wildman–Crippen MR) is 98.1 cm³/mol. The molecule has 0 saturated heterocycles. The first kappa shape index (κ1) is 18.5. The standard InChI is InChI=1S/C20H24N2O3/c1-15(2)13-18(19(23)21-17-11-7-4-8-12-17)22-20(24)25-14-16-9-5-3-6-10-16/h3-12,15,18H,13-14H2,1-2H3,(H,21,23)(H,22,24)/t18-/m0/s1. The Morgan fingerprint density at radius 3 is 2.16 bits per heavy atom. The number of rotatable bonds is 7. The van der Waals surface area contributed by atoms with Crippen LogP contribution in [0.25, 0.3) is 0 Å². The van der Waals surface area contributed by atoms with E-state index in [0.717, 1.165) is 5.56 Å². The Balaban J connectivity index is 1.92. The third-order valence-corrected chi connectivity index (χ3v) is 3.57. The second kappa shape index (κ2) is 9.47. The number of hydrogen-bond acceptors (Lipinski definition) is 3. The number of para-hydroxylation sites is 1. The molecule has 0 radical (unpaired) electrons. The number of carbonyl (C=O) groups excluding carboxylic acids is 2. The van der Waals surface area contributed by atoms with Gasteiger partial charge in [-0.2, -0.15) is 0 Å². The first-order valence-electron chi connectivity index (χ1n) is 8.37. The van der Waals surface area contributed by atoms with Gasteiger partial charge in [0.05, 0.1) is 0 Å². The minimum absolute atomic E-state index is 0.168. The maximum absolute atomic E-state index is 12.5. The van der Waals surface area contributed by atoms with Crippen molar-refractivity contribution in [3.63, 3.8) is 0 Å². The van der Waals surface area contributed by atoms with Crippen LogP contribution in [0.1, 0.15) is 25.8 Å². The summed E-state index contributed by atoms with van der Waals surface area (Å²) in [6.07, 6.45) is -0.0724. The van der Waals surface area contributed by atoms with E-state index in [-0.39, 0.29) is 18.4 Å². The predicted octanol–water partition coefficient (Wildman–Crippen LogP) is 3.97. The third kappa shape index (κ3) is 6.67. The summed E-state index contributed by atoms with van der Waals surface area (Å²) in [6.45, 7) is 4.17. The van der Waals surface area contributed by atoms with E-state index in [9.17, 15) is 9.59 Å². The van der Waals surface area contributed by atoms with Gasteiger partial charge in [-0.1, -0.05) is 62.4 Å². The molecule has 0 heterocycles. The highest BCUT2D eigenvalue weighted by molar-refractivity contribution is 5.96. The molecule has 2 rings (SSSR count). The summed E-state index contributed by atoms with van der Waals surface area (Å²) in [5.74, 6) is -0.00231. The third-order valence-electron chi connectivity index (χ3n) is 3.57. The Hall–Kier alpha value is -2.82. The zero-order chi connectivity index (χ0) is 18.1. The number of ether oxygens (including phenoxy) is 1. The maximum Gasteiger partial charge on any atom is 0.408 e. The van der Waals surface area contributed by atoms with Crippen LogP contribution in [-0.4, -0.2) is 18.0 Å². The second-order valence-corrected chi connectivity index (χ2v) is 6.24.